The van der Waals surface area contributed by atoms with E-state index >= 15 is 0 Å². The summed E-state index contributed by atoms with van der Waals surface area (Å²) in [5.41, 5.74) is 5.57. The molecule has 0 saturated heterocycles. The maximum Gasteiger partial charge on any atom is 0.152 e. The van der Waals surface area contributed by atoms with Crippen molar-refractivity contribution in [2.75, 3.05) is 19.8 Å². The average Bonchev–Trinajstić information content (AvgIpc) is 2.72. The van der Waals surface area contributed by atoms with Crippen LogP contribution in [0.25, 0.3) is 0 Å². The molecule has 0 aliphatic heterocycles. The standard InChI is InChI=1S/C13H28N2O2S/c1-6-12(2,3)15(4)13(10-14)9-7-8-11(13)18(5,16)17/h11H,6-10,14H2,1-5H3. The van der Waals surface area contributed by atoms with Gasteiger partial charge in [-0.1, -0.05) is 13.3 Å². The minimum absolute atomic E-state index is 0.0351. The number of hydrogen-bond acceptors (Lipinski definition) is 4. The lowest BCUT2D eigenvalue weighted by Gasteiger charge is -2.50. The predicted molar refractivity (Wildman–Crippen MR) is 76.4 cm³/mol. The Balaban J connectivity index is 3.20. The third-order valence-corrected chi connectivity index (χ3v) is 6.69. The highest BCUT2D eigenvalue weighted by molar-refractivity contribution is 7.91. The summed E-state index contributed by atoms with van der Waals surface area (Å²) in [6, 6.07) is 0. The molecule has 2 N–H and O–H groups in total. The second-order valence-electron chi connectivity index (χ2n) is 6.24. The maximum absolute atomic E-state index is 12.0. The Morgan fingerprint density at radius 2 is 2.00 bits per heavy atom. The Bertz CT molecular complexity index is 392. The highest BCUT2D eigenvalue weighted by Crippen LogP contribution is 2.41. The first kappa shape index (κ1) is 15.9. The first-order valence-electron chi connectivity index (χ1n) is 6.74. The molecule has 108 valence electrons. The van der Waals surface area contributed by atoms with Crippen LogP contribution in [-0.4, -0.2) is 49.5 Å². The lowest BCUT2D eigenvalue weighted by Crippen LogP contribution is -2.64. The fraction of sp³-hybridized carbons (Fsp3) is 1.00. The molecule has 2 unspecified atom stereocenters. The van der Waals surface area contributed by atoms with E-state index < -0.39 is 15.4 Å². The highest BCUT2D eigenvalue weighted by Gasteiger charge is 2.52. The molecule has 5 heteroatoms. The minimum atomic E-state index is -3.06. The van der Waals surface area contributed by atoms with Crippen molar-refractivity contribution in [1.82, 2.24) is 4.90 Å². The van der Waals surface area contributed by atoms with Gasteiger partial charge in [0.1, 0.15) is 0 Å². The number of nitrogens with two attached hydrogens (primary N) is 1. The van der Waals surface area contributed by atoms with Gasteiger partial charge in [0.2, 0.25) is 0 Å². The number of likely N-dealkylation sites (N-methyl/N-ethyl adjacent to an activating group) is 1. The molecule has 4 nitrogen and oxygen atoms in total. The lowest BCUT2D eigenvalue weighted by atomic mass is 9.87. The normalized spacial score (nSPS) is 30.1. The Morgan fingerprint density at radius 1 is 1.44 bits per heavy atom. The summed E-state index contributed by atoms with van der Waals surface area (Å²) in [6.07, 6.45) is 4.88. The number of hydrogen-bond donors (Lipinski definition) is 1. The van der Waals surface area contributed by atoms with E-state index in [9.17, 15) is 8.42 Å². The molecule has 1 rings (SSSR count). The Labute approximate surface area is 112 Å². The molecular weight excluding hydrogens is 248 g/mol. The molecule has 1 aliphatic rings. The topological polar surface area (TPSA) is 63.4 Å². The third kappa shape index (κ3) is 2.58. The summed E-state index contributed by atoms with van der Waals surface area (Å²) in [7, 11) is -1.03. The fourth-order valence-electron chi connectivity index (χ4n) is 3.23. The summed E-state index contributed by atoms with van der Waals surface area (Å²) < 4.78 is 24.1. The van der Waals surface area contributed by atoms with Crippen LogP contribution < -0.4 is 5.73 Å². The van der Waals surface area contributed by atoms with Crippen LogP contribution in [0.4, 0.5) is 0 Å². The summed E-state index contributed by atoms with van der Waals surface area (Å²) >= 11 is 0. The van der Waals surface area contributed by atoms with Crippen LogP contribution in [0.15, 0.2) is 0 Å². The smallest absolute Gasteiger partial charge is 0.152 e. The van der Waals surface area contributed by atoms with Crippen molar-refractivity contribution in [3.8, 4) is 0 Å². The van der Waals surface area contributed by atoms with Crippen molar-refractivity contribution in [2.24, 2.45) is 5.73 Å². The first-order chi connectivity index (χ1) is 8.12. The van der Waals surface area contributed by atoms with Crippen LogP contribution in [-0.2, 0) is 9.84 Å². The molecule has 0 bridgehead atoms. The van der Waals surface area contributed by atoms with Crippen molar-refractivity contribution in [3.63, 3.8) is 0 Å². The third-order valence-electron chi connectivity index (χ3n) is 4.99. The van der Waals surface area contributed by atoms with Gasteiger partial charge < -0.3 is 5.73 Å². The van der Waals surface area contributed by atoms with E-state index in [1.165, 1.54) is 6.26 Å². The zero-order valence-electron chi connectivity index (χ0n) is 12.4. The van der Waals surface area contributed by atoms with E-state index in [4.69, 9.17) is 5.73 Å². The van der Waals surface area contributed by atoms with Crippen LogP contribution in [0.5, 0.6) is 0 Å². The highest BCUT2D eigenvalue weighted by atomic mass is 32.2. The summed E-state index contributed by atoms with van der Waals surface area (Å²) in [5, 5.41) is -0.328. The molecule has 2 atom stereocenters. The van der Waals surface area contributed by atoms with Gasteiger partial charge >= 0.3 is 0 Å². The van der Waals surface area contributed by atoms with Gasteiger partial charge in [0.15, 0.2) is 9.84 Å². The molecule has 0 aromatic carbocycles. The molecule has 1 saturated carbocycles. The number of sulfone groups is 1. The molecule has 0 aromatic heterocycles. The quantitative estimate of drug-likeness (QED) is 0.824. The molecule has 0 spiro atoms. The van der Waals surface area contributed by atoms with Gasteiger partial charge in [-0.15, -0.1) is 0 Å². The Kier molecular flexibility index (Phi) is 4.51. The number of nitrogens with zero attached hydrogens (tertiary/aromatic N) is 1. The van der Waals surface area contributed by atoms with E-state index in [0.29, 0.717) is 6.54 Å². The van der Waals surface area contributed by atoms with E-state index in [1.807, 2.05) is 7.05 Å². The van der Waals surface area contributed by atoms with Crippen molar-refractivity contribution in [2.45, 2.75) is 62.8 Å². The zero-order chi connectivity index (χ0) is 14.2. The molecule has 0 aromatic rings. The van der Waals surface area contributed by atoms with Crippen LogP contribution >= 0.6 is 0 Å². The van der Waals surface area contributed by atoms with E-state index in [0.717, 1.165) is 25.7 Å². The van der Waals surface area contributed by atoms with E-state index in [-0.39, 0.29) is 10.8 Å². The molecule has 0 radical (unpaired) electrons. The Hall–Kier alpha value is -0.130. The SMILES string of the molecule is CCC(C)(C)N(C)C1(CN)CCCC1S(C)(=O)=O. The van der Waals surface area contributed by atoms with Gasteiger partial charge in [0.25, 0.3) is 0 Å². The van der Waals surface area contributed by atoms with Crippen molar-refractivity contribution in [1.29, 1.82) is 0 Å². The largest absolute Gasteiger partial charge is 0.329 e. The molecule has 1 aliphatic carbocycles. The number of rotatable bonds is 5. The first-order valence-corrected chi connectivity index (χ1v) is 8.70. The van der Waals surface area contributed by atoms with Gasteiger partial charge in [0, 0.05) is 18.3 Å². The van der Waals surface area contributed by atoms with E-state index in [2.05, 4.69) is 25.7 Å². The Morgan fingerprint density at radius 3 is 2.39 bits per heavy atom. The van der Waals surface area contributed by atoms with Gasteiger partial charge in [0.05, 0.1) is 10.8 Å². The summed E-state index contributed by atoms with van der Waals surface area (Å²) in [5.74, 6) is 0. The van der Waals surface area contributed by atoms with Gasteiger partial charge in [-0.3, -0.25) is 4.90 Å². The molecular formula is C13H28N2O2S. The van der Waals surface area contributed by atoms with Gasteiger partial charge in [-0.25, -0.2) is 8.42 Å². The van der Waals surface area contributed by atoms with Gasteiger partial charge in [-0.05, 0) is 40.2 Å². The maximum atomic E-state index is 12.0. The van der Waals surface area contributed by atoms with Crippen LogP contribution in [0, 0.1) is 0 Å². The average molecular weight is 276 g/mol. The zero-order valence-corrected chi connectivity index (χ0v) is 13.2. The van der Waals surface area contributed by atoms with E-state index in [1.54, 1.807) is 0 Å². The second kappa shape index (κ2) is 5.10. The fourth-order valence-corrected chi connectivity index (χ4v) is 4.99. The second-order valence-corrected chi connectivity index (χ2v) is 8.47. The van der Waals surface area contributed by atoms with Crippen LogP contribution in [0.3, 0.4) is 0 Å². The summed E-state index contributed by atoms with van der Waals surface area (Å²) in [6.45, 7) is 6.85. The molecule has 0 amide bonds. The van der Waals surface area contributed by atoms with Crippen molar-refractivity contribution >= 4 is 9.84 Å². The molecule has 18 heavy (non-hydrogen) atoms. The van der Waals surface area contributed by atoms with Crippen molar-refractivity contribution in [3.05, 3.63) is 0 Å². The van der Waals surface area contributed by atoms with Gasteiger partial charge in [-0.2, -0.15) is 0 Å². The lowest BCUT2D eigenvalue weighted by molar-refractivity contribution is 0.0297. The van der Waals surface area contributed by atoms with Crippen LogP contribution in [0.1, 0.15) is 46.5 Å². The predicted octanol–water partition coefficient (Wildman–Crippen LogP) is 1.40. The van der Waals surface area contributed by atoms with Crippen molar-refractivity contribution < 1.29 is 8.42 Å². The monoisotopic (exact) mass is 276 g/mol. The molecule has 0 heterocycles. The molecule has 1 fully saturated rings. The minimum Gasteiger partial charge on any atom is -0.329 e. The summed E-state index contributed by atoms with van der Waals surface area (Å²) in [4.78, 5) is 2.22. The van der Waals surface area contributed by atoms with Crippen LogP contribution in [0.2, 0.25) is 0 Å².